The predicted octanol–water partition coefficient (Wildman–Crippen LogP) is 4.14. The standard InChI is InChI=1S/C8H6F5N3O/c1-4-2-3-5(17-4)6(15-16-14)7(9,10)8(11,12)13/h2-3,6H,1H3/t6-/m0/s1. The van der Waals surface area contributed by atoms with E-state index < -0.39 is 23.9 Å². The zero-order chi connectivity index (χ0) is 13.3. The van der Waals surface area contributed by atoms with Gasteiger partial charge in [0, 0.05) is 4.91 Å². The van der Waals surface area contributed by atoms with Crippen molar-refractivity contribution in [3.8, 4) is 0 Å². The molecular formula is C8H6F5N3O. The fourth-order valence-electron chi connectivity index (χ4n) is 1.12. The van der Waals surface area contributed by atoms with E-state index in [1.807, 2.05) is 4.91 Å². The molecule has 0 aliphatic rings. The Bertz CT molecular complexity index is 446. The Morgan fingerprint density at radius 3 is 2.24 bits per heavy atom. The number of hydrogen-bond acceptors (Lipinski definition) is 2. The molecule has 1 atom stereocenters. The lowest BCUT2D eigenvalue weighted by molar-refractivity contribution is -0.292. The van der Waals surface area contributed by atoms with Gasteiger partial charge >= 0.3 is 12.1 Å². The summed E-state index contributed by atoms with van der Waals surface area (Å²) in [7, 11) is 0. The van der Waals surface area contributed by atoms with Crippen molar-refractivity contribution in [2.24, 2.45) is 5.11 Å². The van der Waals surface area contributed by atoms with E-state index >= 15 is 0 Å². The molecule has 4 nitrogen and oxygen atoms in total. The van der Waals surface area contributed by atoms with Gasteiger partial charge in [-0.3, -0.25) is 0 Å². The van der Waals surface area contributed by atoms with E-state index in [1.165, 1.54) is 13.0 Å². The summed E-state index contributed by atoms with van der Waals surface area (Å²) in [6, 6.07) is -0.642. The van der Waals surface area contributed by atoms with Crippen LogP contribution in [-0.4, -0.2) is 12.1 Å². The lowest BCUT2D eigenvalue weighted by atomic mass is 10.1. The first-order valence-electron chi connectivity index (χ1n) is 4.25. The zero-order valence-electron chi connectivity index (χ0n) is 8.37. The molecule has 1 aromatic heterocycles. The molecule has 0 spiro atoms. The number of rotatable bonds is 3. The van der Waals surface area contributed by atoms with Crippen LogP contribution in [0.3, 0.4) is 0 Å². The van der Waals surface area contributed by atoms with Crippen molar-refractivity contribution in [2.45, 2.75) is 25.1 Å². The van der Waals surface area contributed by atoms with E-state index in [2.05, 4.69) is 9.53 Å². The smallest absolute Gasteiger partial charge is 0.454 e. The maximum absolute atomic E-state index is 13.0. The average molecular weight is 255 g/mol. The van der Waals surface area contributed by atoms with E-state index in [4.69, 9.17) is 5.53 Å². The molecule has 94 valence electrons. The van der Waals surface area contributed by atoms with Gasteiger partial charge in [0.15, 0.2) is 6.04 Å². The molecule has 0 unspecified atom stereocenters. The van der Waals surface area contributed by atoms with Crippen LogP contribution in [0, 0.1) is 6.92 Å². The van der Waals surface area contributed by atoms with Gasteiger partial charge in [-0.1, -0.05) is 5.11 Å². The van der Waals surface area contributed by atoms with Crippen LogP contribution in [-0.2, 0) is 0 Å². The number of aryl methyl sites for hydroxylation is 1. The van der Waals surface area contributed by atoms with Crippen LogP contribution in [0.2, 0.25) is 0 Å². The Morgan fingerprint density at radius 2 is 1.88 bits per heavy atom. The van der Waals surface area contributed by atoms with E-state index in [0.29, 0.717) is 0 Å². The molecule has 1 rings (SSSR count). The largest absolute Gasteiger partial charge is 0.466 e. The summed E-state index contributed by atoms with van der Waals surface area (Å²) in [6.45, 7) is 1.36. The molecular weight excluding hydrogens is 249 g/mol. The van der Waals surface area contributed by atoms with Crippen LogP contribution in [0.15, 0.2) is 21.7 Å². The van der Waals surface area contributed by atoms with Gasteiger partial charge in [0.25, 0.3) is 0 Å². The lowest BCUT2D eigenvalue weighted by Crippen LogP contribution is -2.41. The molecule has 0 bridgehead atoms. The van der Waals surface area contributed by atoms with Gasteiger partial charge in [0.1, 0.15) is 11.5 Å². The summed E-state index contributed by atoms with van der Waals surface area (Å²) >= 11 is 0. The first-order chi connectivity index (χ1) is 7.70. The molecule has 0 fully saturated rings. The molecule has 0 aliphatic carbocycles. The second-order valence-electron chi connectivity index (χ2n) is 3.18. The maximum atomic E-state index is 13.0. The highest BCUT2D eigenvalue weighted by molar-refractivity contribution is 5.14. The number of nitrogens with zero attached hydrogens (tertiary/aromatic N) is 3. The molecule has 0 N–H and O–H groups in total. The van der Waals surface area contributed by atoms with E-state index in [0.717, 1.165) is 6.07 Å². The van der Waals surface area contributed by atoms with Crippen LogP contribution in [0.5, 0.6) is 0 Å². The molecule has 0 saturated heterocycles. The summed E-state index contributed by atoms with van der Waals surface area (Å²) in [5, 5.41) is 2.46. The van der Waals surface area contributed by atoms with Gasteiger partial charge in [-0.05, 0) is 24.6 Å². The minimum Gasteiger partial charge on any atom is -0.466 e. The van der Waals surface area contributed by atoms with Gasteiger partial charge in [-0.15, -0.1) is 0 Å². The van der Waals surface area contributed by atoms with Crippen molar-refractivity contribution in [3.05, 3.63) is 34.1 Å². The molecule has 0 amide bonds. The number of halogens is 5. The second-order valence-corrected chi connectivity index (χ2v) is 3.18. The first-order valence-corrected chi connectivity index (χ1v) is 4.25. The molecule has 0 saturated carbocycles. The van der Waals surface area contributed by atoms with Crippen LogP contribution < -0.4 is 0 Å². The van der Waals surface area contributed by atoms with Crippen molar-refractivity contribution in [3.63, 3.8) is 0 Å². The van der Waals surface area contributed by atoms with Gasteiger partial charge < -0.3 is 4.42 Å². The number of azide groups is 1. The Labute approximate surface area is 91.6 Å². The molecule has 1 aromatic rings. The normalized spacial score (nSPS) is 14.2. The molecule has 17 heavy (non-hydrogen) atoms. The fourth-order valence-corrected chi connectivity index (χ4v) is 1.12. The van der Waals surface area contributed by atoms with Crippen molar-refractivity contribution < 1.29 is 26.4 Å². The van der Waals surface area contributed by atoms with Gasteiger partial charge in [-0.25, -0.2) is 0 Å². The number of alkyl halides is 5. The fraction of sp³-hybridized carbons (Fsp3) is 0.500. The maximum Gasteiger partial charge on any atom is 0.454 e. The Balaban J connectivity index is 3.23. The molecule has 1 heterocycles. The quantitative estimate of drug-likeness (QED) is 0.346. The predicted molar refractivity (Wildman–Crippen MR) is 46.3 cm³/mol. The minimum absolute atomic E-state index is 0.135. The Hall–Kier alpha value is -1.76. The van der Waals surface area contributed by atoms with Gasteiger partial charge in [0.2, 0.25) is 0 Å². The Morgan fingerprint density at radius 1 is 1.29 bits per heavy atom. The number of hydrogen-bond donors (Lipinski definition) is 0. The topological polar surface area (TPSA) is 61.9 Å². The van der Waals surface area contributed by atoms with Crippen LogP contribution >= 0.6 is 0 Å². The van der Waals surface area contributed by atoms with E-state index in [-0.39, 0.29) is 5.76 Å². The lowest BCUT2D eigenvalue weighted by Gasteiger charge is -2.23. The first kappa shape index (κ1) is 13.3. The van der Waals surface area contributed by atoms with Crippen molar-refractivity contribution in [2.75, 3.05) is 0 Å². The van der Waals surface area contributed by atoms with Crippen molar-refractivity contribution >= 4 is 0 Å². The third-order valence-corrected chi connectivity index (χ3v) is 1.92. The second kappa shape index (κ2) is 4.25. The summed E-state index contributed by atoms with van der Waals surface area (Å²) in [5.74, 6) is -5.79. The van der Waals surface area contributed by atoms with E-state index in [1.54, 1.807) is 0 Å². The van der Waals surface area contributed by atoms with Crippen molar-refractivity contribution in [1.82, 2.24) is 0 Å². The monoisotopic (exact) mass is 255 g/mol. The highest BCUT2D eigenvalue weighted by Gasteiger charge is 2.63. The van der Waals surface area contributed by atoms with Crippen LogP contribution in [0.25, 0.3) is 10.4 Å². The summed E-state index contributed by atoms with van der Waals surface area (Å²) in [5.41, 5.74) is 8.05. The van der Waals surface area contributed by atoms with Crippen LogP contribution in [0.1, 0.15) is 17.6 Å². The molecule has 0 radical (unpaired) electrons. The minimum atomic E-state index is -5.83. The highest BCUT2D eigenvalue weighted by atomic mass is 19.4. The molecule has 0 aliphatic heterocycles. The van der Waals surface area contributed by atoms with E-state index in [9.17, 15) is 22.0 Å². The van der Waals surface area contributed by atoms with Gasteiger partial charge in [0.05, 0.1) is 0 Å². The molecule has 9 heteroatoms. The highest BCUT2D eigenvalue weighted by Crippen LogP contribution is 2.46. The summed E-state index contributed by atoms with van der Waals surface area (Å²) in [6.07, 6.45) is -5.83. The molecule has 0 aromatic carbocycles. The zero-order valence-corrected chi connectivity index (χ0v) is 8.37. The van der Waals surface area contributed by atoms with Crippen LogP contribution in [0.4, 0.5) is 22.0 Å². The third-order valence-electron chi connectivity index (χ3n) is 1.92. The van der Waals surface area contributed by atoms with Gasteiger partial charge in [-0.2, -0.15) is 22.0 Å². The third kappa shape index (κ3) is 2.50. The SMILES string of the molecule is Cc1ccc([C@H](N=[N+]=[N-])C(F)(F)C(F)(F)F)o1. The Kier molecular flexibility index (Phi) is 3.33. The summed E-state index contributed by atoms with van der Waals surface area (Å²) in [4.78, 5) is 1.99. The average Bonchev–Trinajstić information content (AvgIpc) is 2.58. The van der Waals surface area contributed by atoms with Crippen molar-refractivity contribution in [1.29, 1.82) is 0 Å². The summed E-state index contributed by atoms with van der Waals surface area (Å²) < 4.78 is 67.1. The number of furan rings is 1.